The van der Waals surface area contributed by atoms with Crippen molar-refractivity contribution in [3.63, 3.8) is 0 Å². The van der Waals surface area contributed by atoms with Crippen molar-refractivity contribution in [1.82, 2.24) is 0 Å². The largest absolute Gasteiger partial charge is 0.479 e. The first kappa shape index (κ1) is 10.9. The number of benzene rings is 1. The molecular weight excluding hydrogens is 224 g/mol. The van der Waals surface area contributed by atoms with Crippen LogP contribution in [0.3, 0.4) is 0 Å². The summed E-state index contributed by atoms with van der Waals surface area (Å²) in [4.78, 5) is 11.7. The van der Waals surface area contributed by atoms with E-state index < -0.39 is 11.6 Å². The van der Waals surface area contributed by atoms with Gasteiger partial charge >= 0.3 is 5.97 Å². The number of aliphatic carboxylic acids is 1. The van der Waals surface area contributed by atoms with Crippen molar-refractivity contribution in [1.29, 1.82) is 0 Å². The summed E-state index contributed by atoms with van der Waals surface area (Å²) in [5, 5.41) is 21.3. The zero-order valence-corrected chi connectivity index (χ0v) is 9.15. The lowest BCUT2D eigenvalue weighted by Gasteiger charge is -2.22. The van der Waals surface area contributed by atoms with Crippen LogP contribution in [0.2, 0.25) is 0 Å². The second kappa shape index (κ2) is 4.08. The third-order valence-corrected chi connectivity index (χ3v) is 3.36. The smallest absolute Gasteiger partial charge is 0.346 e. The molecule has 0 aliphatic rings. The molecule has 1 atom stereocenters. The first-order valence-electron chi connectivity index (χ1n) is 4.71. The number of carboxylic acids is 1. The van der Waals surface area contributed by atoms with Crippen LogP contribution in [-0.4, -0.2) is 16.2 Å². The van der Waals surface area contributed by atoms with Gasteiger partial charge < -0.3 is 10.2 Å². The predicted octanol–water partition coefficient (Wildman–Crippen LogP) is 2.07. The number of hydrogen-bond acceptors (Lipinski definition) is 3. The number of carboxylic acid groups (broad SMARTS) is 1. The lowest BCUT2D eigenvalue weighted by atomic mass is 9.92. The zero-order valence-electron chi connectivity index (χ0n) is 8.33. The van der Waals surface area contributed by atoms with Crippen LogP contribution in [-0.2, 0) is 10.4 Å². The van der Waals surface area contributed by atoms with Crippen molar-refractivity contribution in [2.24, 2.45) is 0 Å². The molecule has 0 bridgehead atoms. The molecule has 2 aromatic rings. The molecule has 0 aliphatic heterocycles. The van der Waals surface area contributed by atoms with Gasteiger partial charge in [0.25, 0.3) is 0 Å². The molecule has 2 N–H and O–H groups in total. The van der Waals surface area contributed by atoms with Gasteiger partial charge in [-0.3, -0.25) is 0 Å². The predicted molar refractivity (Wildman–Crippen MR) is 61.4 cm³/mol. The van der Waals surface area contributed by atoms with E-state index in [1.165, 1.54) is 11.3 Å². The van der Waals surface area contributed by atoms with Gasteiger partial charge in [-0.25, -0.2) is 4.79 Å². The van der Waals surface area contributed by atoms with E-state index >= 15 is 0 Å². The molecule has 0 saturated heterocycles. The van der Waals surface area contributed by atoms with E-state index in [0.29, 0.717) is 10.4 Å². The average molecular weight is 234 g/mol. The lowest BCUT2D eigenvalue weighted by Crippen LogP contribution is -2.35. The van der Waals surface area contributed by atoms with Gasteiger partial charge in [-0.05, 0) is 11.4 Å². The van der Waals surface area contributed by atoms with E-state index in [0.717, 1.165) is 0 Å². The molecule has 0 amide bonds. The number of carbonyl (C=O) groups is 1. The van der Waals surface area contributed by atoms with Crippen molar-refractivity contribution in [3.8, 4) is 0 Å². The highest BCUT2D eigenvalue weighted by atomic mass is 32.1. The van der Waals surface area contributed by atoms with E-state index in [-0.39, 0.29) is 0 Å². The Labute approximate surface area is 96.6 Å². The standard InChI is InChI=1S/C12H10O3S/c13-11(14)12(15,10-7-4-8-16-10)9-5-2-1-3-6-9/h1-8,15H,(H,13,14)/t12-/m1/s1. The Kier molecular flexibility index (Phi) is 2.77. The Morgan fingerprint density at radius 3 is 2.31 bits per heavy atom. The summed E-state index contributed by atoms with van der Waals surface area (Å²) in [6.45, 7) is 0. The Bertz CT molecular complexity index is 478. The maximum atomic E-state index is 11.3. The minimum atomic E-state index is -1.95. The summed E-state index contributed by atoms with van der Waals surface area (Å²) in [5.74, 6) is -1.26. The molecular formula is C12H10O3S. The van der Waals surface area contributed by atoms with Crippen LogP contribution in [0.4, 0.5) is 0 Å². The highest BCUT2D eigenvalue weighted by Gasteiger charge is 2.40. The Balaban J connectivity index is 2.58. The normalized spacial score (nSPS) is 14.3. The molecule has 0 saturated carbocycles. The topological polar surface area (TPSA) is 57.5 Å². The molecule has 4 heteroatoms. The van der Waals surface area contributed by atoms with Crippen LogP contribution in [0.1, 0.15) is 10.4 Å². The Morgan fingerprint density at radius 2 is 1.81 bits per heavy atom. The van der Waals surface area contributed by atoms with Crippen molar-refractivity contribution in [3.05, 3.63) is 58.3 Å². The lowest BCUT2D eigenvalue weighted by molar-refractivity contribution is -0.154. The van der Waals surface area contributed by atoms with Gasteiger partial charge in [0, 0.05) is 5.56 Å². The fourth-order valence-electron chi connectivity index (χ4n) is 1.53. The van der Waals surface area contributed by atoms with Crippen molar-refractivity contribution < 1.29 is 15.0 Å². The second-order valence-electron chi connectivity index (χ2n) is 3.36. The number of thiophene rings is 1. The zero-order chi connectivity index (χ0) is 11.6. The van der Waals surface area contributed by atoms with Crippen LogP contribution in [0.5, 0.6) is 0 Å². The summed E-state index contributed by atoms with van der Waals surface area (Å²) < 4.78 is 0. The van der Waals surface area contributed by atoms with Gasteiger partial charge in [0.05, 0.1) is 4.88 Å². The SMILES string of the molecule is O=C(O)[C@@](O)(c1ccccc1)c1cccs1. The maximum Gasteiger partial charge on any atom is 0.346 e. The van der Waals surface area contributed by atoms with Gasteiger partial charge in [0.2, 0.25) is 5.60 Å². The maximum absolute atomic E-state index is 11.3. The third kappa shape index (κ3) is 1.62. The molecule has 0 aliphatic carbocycles. The first-order valence-corrected chi connectivity index (χ1v) is 5.59. The van der Waals surface area contributed by atoms with E-state index in [9.17, 15) is 15.0 Å². The Hall–Kier alpha value is -1.65. The van der Waals surface area contributed by atoms with Crippen LogP contribution < -0.4 is 0 Å². The van der Waals surface area contributed by atoms with E-state index in [1.54, 1.807) is 47.8 Å². The summed E-state index contributed by atoms with van der Waals surface area (Å²) in [6, 6.07) is 11.7. The molecule has 1 heterocycles. The quantitative estimate of drug-likeness (QED) is 0.854. The molecule has 3 nitrogen and oxygen atoms in total. The molecule has 16 heavy (non-hydrogen) atoms. The van der Waals surface area contributed by atoms with Crippen molar-refractivity contribution >= 4 is 17.3 Å². The van der Waals surface area contributed by atoms with E-state index in [4.69, 9.17) is 0 Å². The number of rotatable bonds is 3. The molecule has 0 unspecified atom stereocenters. The second-order valence-corrected chi connectivity index (χ2v) is 4.31. The van der Waals surface area contributed by atoms with Crippen LogP contribution in [0.15, 0.2) is 47.8 Å². The van der Waals surface area contributed by atoms with Crippen LogP contribution in [0.25, 0.3) is 0 Å². The summed E-state index contributed by atoms with van der Waals surface area (Å²) in [6.07, 6.45) is 0. The molecule has 2 rings (SSSR count). The number of aliphatic hydroxyl groups is 1. The highest BCUT2D eigenvalue weighted by Crippen LogP contribution is 2.32. The van der Waals surface area contributed by atoms with Gasteiger partial charge in [0.1, 0.15) is 0 Å². The fraction of sp³-hybridized carbons (Fsp3) is 0.0833. The third-order valence-electron chi connectivity index (χ3n) is 2.38. The Morgan fingerprint density at radius 1 is 1.12 bits per heavy atom. The van der Waals surface area contributed by atoms with Crippen LogP contribution >= 0.6 is 11.3 Å². The average Bonchev–Trinajstić information content (AvgIpc) is 2.82. The molecule has 0 fully saturated rings. The molecule has 0 radical (unpaired) electrons. The minimum absolute atomic E-state index is 0.366. The van der Waals surface area contributed by atoms with Gasteiger partial charge in [-0.15, -0.1) is 11.3 Å². The van der Waals surface area contributed by atoms with E-state index in [2.05, 4.69) is 0 Å². The first-order chi connectivity index (χ1) is 7.65. The summed E-state index contributed by atoms with van der Waals surface area (Å²) in [7, 11) is 0. The summed E-state index contributed by atoms with van der Waals surface area (Å²) >= 11 is 1.22. The van der Waals surface area contributed by atoms with Crippen molar-refractivity contribution in [2.75, 3.05) is 0 Å². The minimum Gasteiger partial charge on any atom is -0.479 e. The van der Waals surface area contributed by atoms with Gasteiger partial charge in [-0.2, -0.15) is 0 Å². The summed E-state index contributed by atoms with van der Waals surface area (Å²) in [5.41, 5.74) is -1.58. The van der Waals surface area contributed by atoms with E-state index in [1.807, 2.05) is 0 Å². The van der Waals surface area contributed by atoms with Crippen LogP contribution in [0, 0.1) is 0 Å². The molecule has 0 spiro atoms. The molecule has 1 aromatic carbocycles. The van der Waals surface area contributed by atoms with Gasteiger partial charge in [-0.1, -0.05) is 36.4 Å². The highest BCUT2D eigenvalue weighted by molar-refractivity contribution is 7.10. The fourth-order valence-corrected chi connectivity index (χ4v) is 2.37. The molecule has 1 aromatic heterocycles. The van der Waals surface area contributed by atoms with Crippen molar-refractivity contribution in [2.45, 2.75) is 5.60 Å². The number of hydrogen-bond donors (Lipinski definition) is 2. The monoisotopic (exact) mass is 234 g/mol. The molecule has 82 valence electrons. The van der Waals surface area contributed by atoms with Gasteiger partial charge in [0.15, 0.2) is 0 Å².